The van der Waals surface area contributed by atoms with Crippen molar-refractivity contribution < 1.29 is 22.0 Å². The first-order chi connectivity index (χ1) is 15.6. The van der Waals surface area contributed by atoms with Crippen LogP contribution in [0, 0.1) is 12.8 Å². The van der Waals surface area contributed by atoms with E-state index < -0.39 is 40.1 Å². The molecule has 33 heavy (non-hydrogen) atoms. The minimum Gasteiger partial charge on any atom is -0.345 e. The van der Waals surface area contributed by atoms with Crippen molar-refractivity contribution in [3.8, 4) is 0 Å². The zero-order chi connectivity index (χ0) is 23.9. The van der Waals surface area contributed by atoms with Crippen molar-refractivity contribution in [3.63, 3.8) is 0 Å². The summed E-state index contributed by atoms with van der Waals surface area (Å²) in [6.07, 6.45) is -0.833. The van der Waals surface area contributed by atoms with Gasteiger partial charge in [0, 0.05) is 23.3 Å². The predicted molar refractivity (Wildman–Crippen MR) is 122 cm³/mol. The first-order valence-electron chi connectivity index (χ1n) is 11.0. The van der Waals surface area contributed by atoms with Crippen LogP contribution < -0.4 is 4.72 Å². The third-order valence-corrected chi connectivity index (χ3v) is 7.78. The Labute approximate surface area is 191 Å². The lowest BCUT2D eigenvalue weighted by Gasteiger charge is -2.34. The van der Waals surface area contributed by atoms with Crippen molar-refractivity contribution in [2.75, 3.05) is 0 Å². The fourth-order valence-corrected chi connectivity index (χ4v) is 5.63. The van der Waals surface area contributed by atoms with E-state index in [0.717, 1.165) is 11.1 Å². The number of nitrogens with zero attached hydrogens (tertiary/aromatic N) is 1. The molecule has 2 aromatic heterocycles. The number of aromatic nitrogens is 2. The van der Waals surface area contributed by atoms with Gasteiger partial charge in [0.25, 0.3) is 0 Å². The molecule has 1 aromatic carbocycles. The minimum atomic E-state index is -4.04. The van der Waals surface area contributed by atoms with Gasteiger partial charge in [-0.3, -0.25) is 4.79 Å². The van der Waals surface area contributed by atoms with Crippen molar-refractivity contribution in [1.29, 1.82) is 0 Å². The highest BCUT2D eigenvalue weighted by Gasteiger charge is 2.46. The first-order valence-corrected chi connectivity index (χ1v) is 12.4. The molecule has 1 aliphatic carbocycles. The molecule has 0 bridgehead atoms. The van der Waals surface area contributed by atoms with Gasteiger partial charge in [-0.15, -0.1) is 0 Å². The number of aryl methyl sites for hydroxylation is 1. The van der Waals surface area contributed by atoms with Crippen molar-refractivity contribution >= 4 is 26.8 Å². The number of halogens is 2. The lowest BCUT2D eigenvalue weighted by Crippen LogP contribution is -2.52. The molecule has 1 aliphatic rings. The molecule has 0 spiro atoms. The van der Waals surface area contributed by atoms with Crippen LogP contribution >= 0.6 is 0 Å². The van der Waals surface area contributed by atoms with Gasteiger partial charge in [0.2, 0.25) is 10.0 Å². The number of benzene rings is 1. The summed E-state index contributed by atoms with van der Waals surface area (Å²) in [5, 5.41) is 0.493. The Kier molecular flexibility index (Phi) is 6.37. The summed E-state index contributed by atoms with van der Waals surface area (Å²) in [7, 11) is -4.04. The molecular formula is C24H27F2N3O3S. The number of Topliss-reactive ketones (excluding diaryl/α,β-unsaturated/α-hetero) is 1. The van der Waals surface area contributed by atoms with E-state index in [-0.39, 0.29) is 29.2 Å². The number of ketones is 1. The third kappa shape index (κ3) is 4.56. The quantitative estimate of drug-likeness (QED) is 0.509. The van der Waals surface area contributed by atoms with Crippen molar-refractivity contribution in [3.05, 3.63) is 59.4 Å². The molecule has 0 saturated heterocycles. The second-order valence-corrected chi connectivity index (χ2v) is 10.7. The summed E-state index contributed by atoms with van der Waals surface area (Å²) in [6, 6.07) is 6.89. The van der Waals surface area contributed by atoms with Gasteiger partial charge in [0.05, 0.1) is 16.9 Å². The highest BCUT2D eigenvalue weighted by molar-refractivity contribution is 7.89. The highest BCUT2D eigenvalue weighted by atomic mass is 32.2. The number of aromatic amines is 1. The van der Waals surface area contributed by atoms with Gasteiger partial charge < -0.3 is 4.98 Å². The maximum atomic E-state index is 15.5. The van der Waals surface area contributed by atoms with Crippen LogP contribution in [0.1, 0.15) is 54.1 Å². The van der Waals surface area contributed by atoms with Crippen LogP contribution in [-0.2, 0) is 10.0 Å². The molecule has 1 saturated carbocycles. The van der Waals surface area contributed by atoms with Crippen LogP contribution in [0.2, 0.25) is 0 Å². The molecule has 3 aromatic rings. The summed E-state index contributed by atoms with van der Waals surface area (Å²) >= 11 is 0. The van der Waals surface area contributed by atoms with Crippen LogP contribution in [0.15, 0.2) is 47.6 Å². The summed E-state index contributed by atoms with van der Waals surface area (Å²) in [6.45, 7) is 5.79. The van der Waals surface area contributed by atoms with Crippen molar-refractivity contribution in [1.82, 2.24) is 14.7 Å². The average Bonchev–Trinajstić information content (AvgIpc) is 3.19. The van der Waals surface area contributed by atoms with Crippen molar-refractivity contribution in [2.45, 2.75) is 62.8 Å². The highest BCUT2D eigenvalue weighted by Crippen LogP contribution is 2.35. The van der Waals surface area contributed by atoms with Gasteiger partial charge >= 0.3 is 0 Å². The van der Waals surface area contributed by atoms with E-state index in [1.54, 1.807) is 24.4 Å². The molecule has 9 heteroatoms. The fraction of sp³-hybridized carbons (Fsp3) is 0.417. The molecule has 2 heterocycles. The van der Waals surface area contributed by atoms with Crippen LogP contribution in [0.5, 0.6) is 0 Å². The fourth-order valence-electron chi connectivity index (χ4n) is 4.35. The van der Waals surface area contributed by atoms with Crippen molar-refractivity contribution in [2.24, 2.45) is 5.92 Å². The Balaban J connectivity index is 1.58. The van der Waals surface area contributed by atoms with E-state index in [0.29, 0.717) is 11.0 Å². The maximum Gasteiger partial charge on any atom is 0.240 e. The SMILES string of the molecule is Cc1cnc2[nH]cc(C(=O)C3C(F)CCC(NS(=O)(=O)c4ccc(C(C)C)cc4)C3F)c2c1. The van der Waals surface area contributed by atoms with Gasteiger partial charge in [-0.05, 0) is 55.0 Å². The summed E-state index contributed by atoms with van der Waals surface area (Å²) < 4.78 is 58.4. The van der Waals surface area contributed by atoms with E-state index in [1.807, 2.05) is 20.8 Å². The van der Waals surface area contributed by atoms with Gasteiger partial charge in [-0.25, -0.2) is 26.9 Å². The van der Waals surface area contributed by atoms with E-state index in [2.05, 4.69) is 14.7 Å². The van der Waals surface area contributed by atoms with E-state index in [1.165, 1.54) is 18.3 Å². The Hall–Kier alpha value is -2.65. The Morgan fingerprint density at radius 3 is 2.55 bits per heavy atom. The molecule has 1 fully saturated rings. The van der Waals surface area contributed by atoms with Crippen LogP contribution in [0.25, 0.3) is 11.0 Å². The lowest BCUT2D eigenvalue weighted by atomic mass is 9.78. The lowest BCUT2D eigenvalue weighted by molar-refractivity contribution is 0.0435. The topological polar surface area (TPSA) is 91.9 Å². The molecule has 0 aliphatic heterocycles. The summed E-state index contributed by atoms with van der Waals surface area (Å²) in [5.74, 6) is -2.06. The molecule has 0 radical (unpaired) electrons. The average molecular weight is 476 g/mol. The second-order valence-electron chi connectivity index (χ2n) is 8.99. The molecular weight excluding hydrogens is 448 g/mol. The number of sulfonamides is 1. The number of fused-ring (bicyclic) bond motifs is 1. The Morgan fingerprint density at radius 1 is 1.18 bits per heavy atom. The van der Waals surface area contributed by atoms with Gasteiger partial charge in [0.1, 0.15) is 18.0 Å². The molecule has 2 N–H and O–H groups in total. The number of nitrogens with one attached hydrogen (secondary N) is 2. The monoisotopic (exact) mass is 475 g/mol. The smallest absolute Gasteiger partial charge is 0.240 e. The zero-order valence-corrected chi connectivity index (χ0v) is 19.5. The van der Waals surface area contributed by atoms with Gasteiger partial charge in [-0.1, -0.05) is 26.0 Å². The minimum absolute atomic E-state index is 0.00234. The van der Waals surface area contributed by atoms with Gasteiger partial charge in [0.15, 0.2) is 5.78 Å². The number of carbonyl (C=O) groups is 1. The van der Waals surface area contributed by atoms with E-state index in [9.17, 15) is 17.6 Å². The number of rotatable bonds is 6. The summed E-state index contributed by atoms with van der Waals surface area (Å²) in [5.41, 5.74) is 2.39. The zero-order valence-electron chi connectivity index (χ0n) is 18.7. The van der Waals surface area contributed by atoms with Crippen LogP contribution in [0.3, 0.4) is 0 Å². The number of pyridine rings is 1. The van der Waals surface area contributed by atoms with Crippen LogP contribution in [0.4, 0.5) is 8.78 Å². The number of hydrogen-bond acceptors (Lipinski definition) is 4. The first kappa shape index (κ1) is 23.5. The summed E-state index contributed by atoms with van der Waals surface area (Å²) in [4.78, 5) is 20.2. The Morgan fingerprint density at radius 2 is 1.88 bits per heavy atom. The number of alkyl halides is 2. The second kappa shape index (κ2) is 8.95. The Bertz CT molecular complexity index is 1270. The molecule has 0 amide bonds. The standard InChI is InChI=1S/C24H27F2N3O3S/c1-13(2)15-4-6-16(7-5-15)33(31,32)29-20-9-8-19(25)21(22(20)26)23(30)18-12-28-24-17(18)10-14(3)11-27-24/h4-7,10-13,19-22,29H,8-9H2,1-3H3,(H,27,28). The molecule has 6 nitrogen and oxygen atoms in total. The maximum absolute atomic E-state index is 15.5. The number of carbonyl (C=O) groups excluding carboxylic acids is 1. The van der Waals surface area contributed by atoms with Gasteiger partial charge in [-0.2, -0.15) is 0 Å². The third-order valence-electron chi connectivity index (χ3n) is 6.27. The van der Waals surface area contributed by atoms with Crippen LogP contribution in [-0.4, -0.2) is 42.6 Å². The predicted octanol–water partition coefficient (Wildman–Crippen LogP) is 4.61. The number of hydrogen-bond donors (Lipinski definition) is 2. The van der Waals surface area contributed by atoms with E-state index in [4.69, 9.17) is 0 Å². The molecule has 4 unspecified atom stereocenters. The molecule has 4 rings (SSSR count). The molecule has 176 valence electrons. The number of H-pyrrole nitrogens is 1. The normalized spacial score (nSPS) is 23.8. The largest absolute Gasteiger partial charge is 0.345 e. The molecule has 4 atom stereocenters. The van der Waals surface area contributed by atoms with E-state index >= 15 is 4.39 Å².